The quantitative estimate of drug-likeness (QED) is 0.636. The van der Waals surface area contributed by atoms with Crippen LogP contribution in [0.1, 0.15) is 57.6 Å². The summed E-state index contributed by atoms with van der Waals surface area (Å²) in [7, 11) is 0. The zero-order chi connectivity index (χ0) is 15.3. The number of esters is 1. The van der Waals surface area contributed by atoms with Crippen molar-refractivity contribution in [3.63, 3.8) is 0 Å². The van der Waals surface area contributed by atoms with Gasteiger partial charge in [0.15, 0.2) is 0 Å². The number of benzene rings is 1. The number of hydrogen-bond donors (Lipinski definition) is 1. The second-order valence-electron chi connectivity index (χ2n) is 7.13. The second kappa shape index (κ2) is 4.84. The molecule has 3 nitrogen and oxygen atoms in total. The van der Waals surface area contributed by atoms with Crippen molar-refractivity contribution in [2.24, 2.45) is 5.92 Å². The lowest BCUT2D eigenvalue weighted by molar-refractivity contribution is -0.131. The monoisotopic (exact) mass is 288 g/mol. The van der Waals surface area contributed by atoms with Crippen molar-refractivity contribution >= 4 is 5.97 Å². The summed E-state index contributed by atoms with van der Waals surface area (Å²) in [4.78, 5) is 11.2. The van der Waals surface area contributed by atoms with Crippen LogP contribution < -0.4 is 4.74 Å². The highest BCUT2D eigenvalue weighted by atomic mass is 16.5. The SMILES string of the molecule is CC(=O)Oc1ccc2c(c1)[C@@]1(C)CCC[C@@](C)(O)C1CC2. The average molecular weight is 288 g/mol. The summed E-state index contributed by atoms with van der Waals surface area (Å²) in [5.74, 6) is 0.607. The maximum Gasteiger partial charge on any atom is 0.308 e. The first-order valence-corrected chi connectivity index (χ1v) is 7.87. The molecule has 21 heavy (non-hydrogen) atoms. The van der Waals surface area contributed by atoms with Gasteiger partial charge in [-0.25, -0.2) is 0 Å². The van der Waals surface area contributed by atoms with Crippen LogP contribution in [0.15, 0.2) is 18.2 Å². The standard InChI is InChI=1S/C18H24O3/c1-12(19)21-14-7-5-13-6-8-16-17(2,15(13)11-14)9-4-10-18(16,3)20/h5,7,11,16,20H,4,6,8-10H2,1-3H3/t16?,17-,18-/m1/s1. The third-order valence-electron chi connectivity index (χ3n) is 5.56. The summed E-state index contributed by atoms with van der Waals surface area (Å²) in [6, 6.07) is 5.98. The number of carbonyl (C=O) groups excluding carboxylic acids is 1. The van der Waals surface area contributed by atoms with Crippen LogP contribution in [0.5, 0.6) is 5.75 Å². The smallest absolute Gasteiger partial charge is 0.308 e. The molecular weight excluding hydrogens is 264 g/mol. The molecule has 0 aromatic heterocycles. The molecule has 2 aliphatic carbocycles. The summed E-state index contributed by atoms with van der Waals surface area (Å²) >= 11 is 0. The molecule has 0 spiro atoms. The first-order chi connectivity index (χ1) is 9.83. The van der Waals surface area contributed by atoms with Gasteiger partial charge in [0, 0.05) is 6.92 Å². The van der Waals surface area contributed by atoms with Crippen LogP contribution in [0.4, 0.5) is 0 Å². The van der Waals surface area contributed by atoms with Crippen LogP contribution in [0.25, 0.3) is 0 Å². The molecule has 3 atom stereocenters. The maximum absolute atomic E-state index is 11.2. The molecule has 1 fully saturated rings. The molecule has 3 rings (SSSR count). The Balaban J connectivity index is 2.05. The molecule has 0 radical (unpaired) electrons. The van der Waals surface area contributed by atoms with Crippen molar-refractivity contribution in [2.45, 2.75) is 63.9 Å². The first-order valence-electron chi connectivity index (χ1n) is 7.87. The maximum atomic E-state index is 11.2. The lowest BCUT2D eigenvalue weighted by atomic mass is 9.53. The molecule has 1 saturated carbocycles. The molecule has 0 saturated heterocycles. The van der Waals surface area contributed by atoms with Crippen LogP contribution in [-0.2, 0) is 16.6 Å². The van der Waals surface area contributed by atoms with E-state index in [-0.39, 0.29) is 17.3 Å². The van der Waals surface area contributed by atoms with Gasteiger partial charge in [-0.05, 0) is 73.6 Å². The number of aliphatic hydroxyl groups is 1. The van der Waals surface area contributed by atoms with Gasteiger partial charge in [0.05, 0.1) is 5.60 Å². The van der Waals surface area contributed by atoms with E-state index in [4.69, 9.17) is 4.74 Å². The highest BCUT2D eigenvalue weighted by Crippen LogP contribution is 2.54. The van der Waals surface area contributed by atoms with E-state index in [1.165, 1.54) is 18.1 Å². The van der Waals surface area contributed by atoms with Gasteiger partial charge in [0.1, 0.15) is 5.75 Å². The number of hydrogen-bond acceptors (Lipinski definition) is 3. The van der Waals surface area contributed by atoms with E-state index in [0.717, 1.165) is 32.1 Å². The molecule has 1 aromatic carbocycles. The van der Waals surface area contributed by atoms with E-state index in [1.54, 1.807) is 0 Å². The second-order valence-corrected chi connectivity index (χ2v) is 7.13. The first kappa shape index (κ1) is 14.6. The van der Waals surface area contributed by atoms with Gasteiger partial charge in [-0.15, -0.1) is 0 Å². The number of aryl methyl sites for hydroxylation is 1. The van der Waals surface area contributed by atoms with Gasteiger partial charge in [-0.1, -0.05) is 13.0 Å². The van der Waals surface area contributed by atoms with Crippen molar-refractivity contribution in [3.8, 4) is 5.75 Å². The fourth-order valence-electron chi connectivity index (χ4n) is 4.63. The summed E-state index contributed by atoms with van der Waals surface area (Å²) in [6.07, 6.45) is 5.03. The van der Waals surface area contributed by atoms with Gasteiger partial charge in [0.25, 0.3) is 0 Å². The molecule has 114 valence electrons. The molecule has 2 aliphatic rings. The van der Waals surface area contributed by atoms with E-state index >= 15 is 0 Å². The van der Waals surface area contributed by atoms with Gasteiger partial charge >= 0.3 is 5.97 Å². The van der Waals surface area contributed by atoms with Gasteiger partial charge in [0.2, 0.25) is 0 Å². The molecule has 1 aromatic rings. The van der Waals surface area contributed by atoms with Crippen molar-refractivity contribution in [2.75, 3.05) is 0 Å². The van der Waals surface area contributed by atoms with Crippen molar-refractivity contribution in [3.05, 3.63) is 29.3 Å². The predicted molar refractivity (Wildman–Crippen MR) is 81.4 cm³/mol. The van der Waals surface area contributed by atoms with Crippen molar-refractivity contribution in [1.82, 2.24) is 0 Å². The van der Waals surface area contributed by atoms with Crippen LogP contribution in [0.3, 0.4) is 0 Å². The Morgan fingerprint density at radius 1 is 1.33 bits per heavy atom. The minimum Gasteiger partial charge on any atom is -0.427 e. The van der Waals surface area contributed by atoms with E-state index < -0.39 is 5.60 Å². The Kier molecular flexibility index (Phi) is 3.36. The molecule has 0 amide bonds. The Morgan fingerprint density at radius 2 is 2.10 bits per heavy atom. The van der Waals surface area contributed by atoms with E-state index in [1.807, 2.05) is 19.1 Å². The third-order valence-corrected chi connectivity index (χ3v) is 5.56. The number of rotatable bonds is 1. The van der Waals surface area contributed by atoms with Crippen LogP contribution in [-0.4, -0.2) is 16.7 Å². The summed E-state index contributed by atoms with van der Waals surface area (Å²) < 4.78 is 5.26. The zero-order valence-corrected chi connectivity index (χ0v) is 13.1. The molecule has 0 heterocycles. The summed E-state index contributed by atoms with van der Waals surface area (Å²) in [5.41, 5.74) is 1.98. The largest absolute Gasteiger partial charge is 0.427 e. The molecule has 0 aliphatic heterocycles. The Morgan fingerprint density at radius 3 is 2.81 bits per heavy atom. The molecule has 1 N–H and O–H groups in total. The minimum absolute atomic E-state index is 0.0223. The highest BCUT2D eigenvalue weighted by molar-refractivity contribution is 5.69. The van der Waals surface area contributed by atoms with E-state index in [2.05, 4.69) is 13.0 Å². The molecule has 0 bridgehead atoms. The highest BCUT2D eigenvalue weighted by Gasteiger charge is 2.51. The number of carbonyl (C=O) groups is 1. The number of ether oxygens (including phenoxy) is 1. The Bertz CT molecular complexity index is 576. The van der Waals surface area contributed by atoms with Gasteiger partial charge in [-0.3, -0.25) is 4.79 Å². The lowest BCUT2D eigenvalue weighted by Gasteiger charge is -2.53. The van der Waals surface area contributed by atoms with Crippen molar-refractivity contribution in [1.29, 1.82) is 0 Å². The van der Waals surface area contributed by atoms with Crippen LogP contribution >= 0.6 is 0 Å². The average Bonchev–Trinajstić information content (AvgIpc) is 2.37. The molecular formula is C18H24O3. The van der Waals surface area contributed by atoms with E-state index in [9.17, 15) is 9.90 Å². The van der Waals surface area contributed by atoms with E-state index in [0.29, 0.717) is 5.75 Å². The third kappa shape index (κ3) is 2.38. The van der Waals surface area contributed by atoms with Gasteiger partial charge < -0.3 is 9.84 Å². The Hall–Kier alpha value is -1.35. The molecule has 1 unspecified atom stereocenters. The fourth-order valence-corrected chi connectivity index (χ4v) is 4.63. The summed E-state index contributed by atoms with van der Waals surface area (Å²) in [6.45, 7) is 5.67. The lowest BCUT2D eigenvalue weighted by Crippen LogP contribution is -2.52. The van der Waals surface area contributed by atoms with Crippen LogP contribution in [0.2, 0.25) is 0 Å². The van der Waals surface area contributed by atoms with Gasteiger partial charge in [-0.2, -0.15) is 0 Å². The minimum atomic E-state index is -0.595. The Labute approximate surface area is 126 Å². The predicted octanol–water partition coefficient (Wildman–Crippen LogP) is 3.37. The summed E-state index contributed by atoms with van der Waals surface area (Å²) in [5, 5.41) is 10.8. The number of fused-ring (bicyclic) bond motifs is 3. The normalized spacial score (nSPS) is 34.8. The fraction of sp³-hybridized carbons (Fsp3) is 0.611. The van der Waals surface area contributed by atoms with Crippen LogP contribution in [0, 0.1) is 5.92 Å². The zero-order valence-electron chi connectivity index (χ0n) is 13.1. The van der Waals surface area contributed by atoms with Crippen molar-refractivity contribution < 1.29 is 14.6 Å². The topological polar surface area (TPSA) is 46.5 Å². The molecule has 3 heteroatoms.